The van der Waals surface area contributed by atoms with Gasteiger partial charge in [0.1, 0.15) is 0 Å². The summed E-state index contributed by atoms with van der Waals surface area (Å²) in [6.45, 7) is 2.46. The first-order chi connectivity index (χ1) is 8.11. The minimum absolute atomic E-state index is 0.0604. The van der Waals surface area contributed by atoms with Gasteiger partial charge in [-0.3, -0.25) is 0 Å². The van der Waals surface area contributed by atoms with E-state index < -0.39 is 10.2 Å². The summed E-state index contributed by atoms with van der Waals surface area (Å²) in [5, 5.41) is 9.02. The molecule has 1 fully saturated rings. The van der Waals surface area contributed by atoms with Crippen LogP contribution in [0.1, 0.15) is 45.4 Å². The third-order valence-corrected chi connectivity index (χ3v) is 4.81. The highest BCUT2D eigenvalue weighted by atomic mass is 32.2. The van der Waals surface area contributed by atoms with Crippen LogP contribution in [0, 0.1) is 0 Å². The molecular weight excluding hydrogens is 240 g/mol. The maximum atomic E-state index is 12.1. The van der Waals surface area contributed by atoms with E-state index in [-0.39, 0.29) is 19.2 Å². The normalized spacial score (nSPS) is 18.8. The van der Waals surface area contributed by atoms with E-state index in [9.17, 15) is 8.42 Å². The molecule has 6 heteroatoms. The first-order valence-corrected chi connectivity index (χ1v) is 7.93. The summed E-state index contributed by atoms with van der Waals surface area (Å²) < 4.78 is 28.2. The first kappa shape index (κ1) is 14.9. The van der Waals surface area contributed by atoms with Crippen LogP contribution in [0.3, 0.4) is 0 Å². The Bertz CT molecular complexity index is 300. The Hall–Kier alpha value is -0.170. The Kier molecular flexibility index (Phi) is 6.40. The molecule has 5 nitrogen and oxygen atoms in total. The van der Waals surface area contributed by atoms with Crippen molar-refractivity contribution in [3.63, 3.8) is 0 Å². The molecule has 2 N–H and O–H groups in total. The van der Waals surface area contributed by atoms with Gasteiger partial charge < -0.3 is 5.11 Å². The fraction of sp³-hybridized carbons (Fsp3) is 1.00. The zero-order chi connectivity index (χ0) is 12.7. The minimum atomic E-state index is -3.42. The Morgan fingerprint density at radius 2 is 1.94 bits per heavy atom. The topological polar surface area (TPSA) is 69.6 Å². The van der Waals surface area contributed by atoms with E-state index in [2.05, 4.69) is 4.72 Å². The largest absolute Gasteiger partial charge is 0.395 e. The lowest BCUT2D eigenvalue weighted by molar-refractivity contribution is 0.198. The van der Waals surface area contributed by atoms with Crippen molar-refractivity contribution >= 4 is 10.2 Å². The molecule has 0 amide bonds. The number of nitrogens with one attached hydrogen (secondary N) is 1. The van der Waals surface area contributed by atoms with E-state index in [1.807, 2.05) is 6.92 Å². The molecule has 102 valence electrons. The van der Waals surface area contributed by atoms with Gasteiger partial charge in [-0.05, 0) is 19.3 Å². The van der Waals surface area contributed by atoms with Gasteiger partial charge in [-0.1, -0.05) is 26.2 Å². The van der Waals surface area contributed by atoms with Gasteiger partial charge in [0.25, 0.3) is 10.2 Å². The Morgan fingerprint density at radius 3 is 2.47 bits per heavy atom. The summed E-state index contributed by atoms with van der Waals surface area (Å²) in [5.41, 5.74) is 0. The first-order valence-electron chi connectivity index (χ1n) is 6.49. The average molecular weight is 264 g/mol. The van der Waals surface area contributed by atoms with Crippen LogP contribution in [-0.2, 0) is 10.2 Å². The second-order valence-corrected chi connectivity index (χ2v) is 6.23. The molecule has 0 spiro atoms. The van der Waals surface area contributed by atoms with Gasteiger partial charge in [0.2, 0.25) is 0 Å². The number of nitrogens with zero attached hydrogens (tertiary/aromatic N) is 1. The van der Waals surface area contributed by atoms with Gasteiger partial charge in [0, 0.05) is 19.1 Å². The molecule has 0 unspecified atom stereocenters. The summed E-state index contributed by atoms with van der Waals surface area (Å²) in [5.74, 6) is 0. The van der Waals surface area contributed by atoms with Crippen molar-refractivity contribution < 1.29 is 13.5 Å². The van der Waals surface area contributed by atoms with E-state index in [1.165, 1.54) is 10.7 Å². The van der Waals surface area contributed by atoms with Crippen LogP contribution in [0.2, 0.25) is 0 Å². The van der Waals surface area contributed by atoms with Crippen LogP contribution in [0.15, 0.2) is 0 Å². The molecular formula is C11H24N2O3S. The molecule has 0 aromatic rings. The number of rotatable bonds is 7. The van der Waals surface area contributed by atoms with Crippen molar-refractivity contribution in [2.45, 2.75) is 51.5 Å². The predicted molar refractivity (Wildman–Crippen MR) is 67.9 cm³/mol. The third kappa shape index (κ3) is 4.54. The van der Waals surface area contributed by atoms with E-state index in [1.54, 1.807) is 0 Å². The van der Waals surface area contributed by atoms with Crippen molar-refractivity contribution in [2.75, 3.05) is 19.7 Å². The van der Waals surface area contributed by atoms with Gasteiger partial charge in [0.05, 0.1) is 6.61 Å². The van der Waals surface area contributed by atoms with Crippen LogP contribution >= 0.6 is 0 Å². The average Bonchev–Trinajstić information content (AvgIpc) is 2.34. The molecule has 1 aliphatic carbocycles. The standard InChI is InChI=1S/C11H24N2O3S/c1-2-8-12-17(15,16)13(9-10-14)11-6-4-3-5-7-11/h11-12,14H,2-10H2,1H3. The second kappa shape index (κ2) is 7.31. The maximum Gasteiger partial charge on any atom is 0.279 e. The SMILES string of the molecule is CCCNS(=O)(=O)N(CCO)C1CCCCC1. The van der Waals surface area contributed by atoms with Crippen LogP contribution in [0.5, 0.6) is 0 Å². The Balaban J connectivity index is 2.68. The lowest BCUT2D eigenvalue weighted by atomic mass is 9.95. The van der Waals surface area contributed by atoms with E-state index >= 15 is 0 Å². The van der Waals surface area contributed by atoms with Gasteiger partial charge in [-0.25, -0.2) is 4.72 Å². The molecule has 0 aromatic heterocycles. The molecule has 0 heterocycles. The molecule has 0 saturated heterocycles. The smallest absolute Gasteiger partial charge is 0.279 e. The highest BCUT2D eigenvalue weighted by Crippen LogP contribution is 2.23. The number of aliphatic hydroxyl groups excluding tert-OH is 1. The van der Waals surface area contributed by atoms with Crippen molar-refractivity contribution in [3.05, 3.63) is 0 Å². The van der Waals surface area contributed by atoms with E-state index in [4.69, 9.17) is 5.11 Å². The van der Waals surface area contributed by atoms with Gasteiger partial charge >= 0.3 is 0 Å². The highest BCUT2D eigenvalue weighted by Gasteiger charge is 2.29. The Labute approximate surface area is 104 Å². The molecule has 1 aliphatic rings. The van der Waals surface area contributed by atoms with E-state index in [0.29, 0.717) is 6.54 Å². The zero-order valence-electron chi connectivity index (χ0n) is 10.6. The van der Waals surface area contributed by atoms with Crippen molar-refractivity contribution in [1.29, 1.82) is 0 Å². The van der Waals surface area contributed by atoms with Crippen molar-refractivity contribution in [1.82, 2.24) is 9.03 Å². The third-order valence-electron chi connectivity index (χ3n) is 3.15. The molecule has 0 atom stereocenters. The molecule has 17 heavy (non-hydrogen) atoms. The summed E-state index contributed by atoms with van der Waals surface area (Å²) >= 11 is 0. The monoisotopic (exact) mass is 264 g/mol. The van der Waals surface area contributed by atoms with Gasteiger partial charge in [0.15, 0.2) is 0 Å². The maximum absolute atomic E-state index is 12.1. The number of hydrogen-bond donors (Lipinski definition) is 2. The van der Waals surface area contributed by atoms with Gasteiger partial charge in [-0.2, -0.15) is 12.7 Å². The second-order valence-electron chi connectivity index (χ2n) is 4.53. The summed E-state index contributed by atoms with van der Waals surface area (Å²) in [7, 11) is -3.42. The molecule has 0 radical (unpaired) electrons. The molecule has 0 aromatic carbocycles. The molecule has 1 rings (SSSR count). The van der Waals surface area contributed by atoms with Crippen LogP contribution < -0.4 is 4.72 Å². The molecule has 0 aliphatic heterocycles. The lowest BCUT2D eigenvalue weighted by Crippen LogP contribution is -2.48. The number of hydrogen-bond acceptors (Lipinski definition) is 3. The van der Waals surface area contributed by atoms with Gasteiger partial charge in [-0.15, -0.1) is 0 Å². The van der Waals surface area contributed by atoms with Crippen molar-refractivity contribution in [3.8, 4) is 0 Å². The fourth-order valence-electron chi connectivity index (χ4n) is 2.28. The Morgan fingerprint density at radius 1 is 1.29 bits per heavy atom. The van der Waals surface area contributed by atoms with Crippen LogP contribution in [0.4, 0.5) is 0 Å². The molecule has 0 bridgehead atoms. The lowest BCUT2D eigenvalue weighted by Gasteiger charge is -2.32. The fourth-order valence-corrected chi connectivity index (χ4v) is 3.83. The van der Waals surface area contributed by atoms with Crippen LogP contribution in [0.25, 0.3) is 0 Å². The predicted octanol–water partition coefficient (Wildman–Crippen LogP) is 0.858. The quantitative estimate of drug-likeness (QED) is 0.716. The van der Waals surface area contributed by atoms with Crippen LogP contribution in [-0.4, -0.2) is 43.6 Å². The van der Waals surface area contributed by atoms with Crippen molar-refractivity contribution in [2.24, 2.45) is 0 Å². The summed E-state index contributed by atoms with van der Waals surface area (Å²) in [6, 6.07) is 0.0604. The molecule has 1 saturated carbocycles. The highest BCUT2D eigenvalue weighted by molar-refractivity contribution is 7.87. The zero-order valence-corrected chi connectivity index (χ0v) is 11.4. The number of aliphatic hydroxyl groups is 1. The minimum Gasteiger partial charge on any atom is -0.395 e. The summed E-state index contributed by atoms with van der Waals surface area (Å²) in [6.07, 6.45) is 5.94. The van der Waals surface area contributed by atoms with E-state index in [0.717, 1.165) is 32.1 Å². The summed E-state index contributed by atoms with van der Waals surface area (Å²) in [4.78, 5) is 0.